The monoisotopic (exact) mass is 622 g/mol. The fraction of sp³-hybridized carbons (Fsp3) is 0.375. The molecule has 0 heterocycles. The van der Waals surface area contributed by atoms with Crippen LogP contribution in [0.25, 0.3) is 0 Å². The number of methoxy groups -OCH3 is 4. The van der Waals surface area contributed by atoms with Gasteiger partial charge in [0.15, 0.2) is 0 Å². The Morgan fingerprint density at radius 2 is 1.25 bits per heavy atom. The predicted octanol–water partition coefficient (Wildman–Crippen LogP) is 4.76. The second-order valence-electron chi connectivity index (χ2n) is 7.16. The van der Waals surface area contributed by atoms with E-state index >= 15 is 0 Å². The third-order valence-corrected chi connectivity index (χ3v) is 4.44. The van der Waals surface area contributed by atoms with Crippen LogP contribution in [0, 0.1) is 25.7 Å². The van der Waals surface area contributed by atoms with E-state index in [2.05, 4.69) is 14.8 Å². The zero-order chi connectivity index (χ0) is 32.4. The molecule has 0 aliphatic heterocycles. The van der Waals surface area contributed by atoms with Crippen LogP contribution >= 0.6 is 0 Å². The van der Waals surface area contributed by atoms with E-state index in [1.54, 1.807) is 21.1 Å². The van der Waals surface area contributed by atoms with Crippen LogP contribution in [0.2, 0.25) is 0 Å². The SMILES string of the molecule is C.C.C.CO.COC(=O)/C=C(\C)Nc1cccc(OC)c1C.COC(=O)C#CC(C)=O.COc1cccc(N)c1C.O=C=O. The van der Waals surface area contributed by atoms with E-state index in [0.717, 1.165) is 41.1 Å². The number of carbonyl (C=O) groups excluding carboxylic acids is 5. The average Bonchev–Trinajstić information content (AvgIpc) is 2.96. The normalized spacial score (nSPS) is 8.09. The second-order valence-corrected chi connectivity index (χ2v) is 7.16. The number of hydrogen-bond donors (Lipinski definition) is 3. The molecule has 0 spiro atoms. The minimum Gasteiger partial charge on any atom is -0.496 e. The van der Waals surface area contributed by atoms with Gasteiger partial charge in [-0.3, -0.25) is 4.79 Å². The van der Waals surface area contributed by atoms with Gasteiger partial charge >= 0.3 is 18.1 Å². The van der Waals surface area contributed by atoms with Crippen LogP contribution in [0.5, 0.6) is 11.5 Å². The van der Waals surface area contributed by atoms with Crippen molar-refractivity contribution in [1.82, 2.24) is 0 Å². The van der Waals surface area contributed by atoms with Gasteiger partial charge in [-0.25, -0.2) is 9.59 Å². The Bertz CT molecular complexity index is 1220. The summed E-state index contributed by atoms with van der Waals surface area (Å²) in [4.78, 5) is 47.6. The summed E-state index contributed by atoms with van der Waals surface area (Å²) in [6.45, 7) is 6.96. The number of allylic oxidation sites excluding steroid dienone is 1. The lowest BCUT2D eigenvalue weighted by Crippen LogP contribution is -2.03. The Balaban J connectivity index is -0.000000116. The first kappa shape index (κ1) is 51.6. The molecule has 0 aromatic heterocycles. The van der Waals surface area contributed by atoms with Crippen molar-refractivity contribution in [2.45, 2.75) is 50.0 Å². The second kappa shape index (κ2) is 32.4. The minimum atomic E-state index is -0.690. The van der Waals surface area contributed by atoms with Crippen molar-refractivity contribution >= 4 is 35.2 Å². The number of nitrogens with two attached hydrogens (primary N) is 1. The molecule has 12 heteroatoms. The Morgan fingerprint density at radius 1 is 0.795 bits per heavy atom. The lowest BCUT2D eigenvalue weighted by Gasteiger charge is -2.12. The minimum absolute atomic E-state index is 0. The number of aliphatic hydroxyl groups excluding tert-OH is 1. The van der Waals surface area contributed by atoms with Gasteiger partial charge < -0.3 is 35.1 Å². The molecule has 2 rings (SSSR count). The Labute approximate surface area is 262 Å². The molecule has 0 unspecified atom stereocenters. The van der Waals surface area contributed by atoms with Crippen LogP contribution < -0.4 is 20.5 Å². The maximum absolute atomic E-state index is 11.1. The highest BCUT2D eigenvalue weighted by Crippen LogP contribution is 2.26. The Hall–Kier alpha value is -5.11. The molecule has 0 bridgehead atoms. The van der Waals surface area contributed by atoms with Crippen molar-refractivity contribution < 1.29 is 48.0 Å². The maximum Gasteiger partial charge on any atom is 0.384 e. The first-order valence-electron chi connectivity index (χ1n) is 11.5. The quantitative estimate of drug-likeness (QED) is 0.104. The molecule has 12 nitrogen and oxygen atoms in total. The topological polar surface area (TPSA) is 181 Å². The van der Waals surface area contributed by atoms with Gasteiger partial charge in [0, 0.05) is 54.2 Å². The van der Waals surface area contributed by atoms with E-state index in [-0.39, 0.29) is 40.2 Å². The smallest absolute Gasteiger partial charge is 0.384 e. The highest BCUT2D eigenvalue weighted by molar-refractivity contribution is 6.00. The van der Waals surface area contributed by atoms with E-state index in [4.69, 9.17) is 29.9 Å². The summed E-state index contributed by atoms with van der Waals surface area (Å²) >= 11 is 0. The van der Waals surface area contributed by atoms with Crippen LogP contribution in [0.4, 0.5) is 11.4 Å². The van der Waals surface area contributed by atoms with Crippen LogP contribution in [-0.2, 0) is 33.4 Å². The molecule has 44 heavy (non-hydrogen) atoms. The first-order valence-corrected chi connectivity index (χ1v) is 11.5. The Morgan fingerprint density at radius 3 is 1.64 bits per heavy atom. The number of carbonyl (C=O) groups is 3. The third-order valence-electron chi connectivity index (χ3n) is 4.44. The van der Waals surface area contributed by atoms with Crippen molar-refractivity contribution in [3.8, 4) is 23.3 Å². The van der Waals surface area contributed by atoms with Gasteiger partial charge in [0.1, 0.15) is 11.5 Å². The predicted molar refractivity (Wildman–Crippen MR) is 173 cm³/mol. The number of ketones is 1. The van der Waals surface area contributed by atoms with Gasteiger partial charge in [-0.15, -0.1) is 0 Å². The number of anilines is 2. The summed E-state index contributed by atoms with van der Waals surface area (Å²) in [5.41, 5.74) is 10.0. The summed E-state index contributed by atoms with van der Waals surface area (Å²) in [5, 5.41) is 10.1. The van der Waals surface area contributed by atoms with Gasteiger partial charge in [0.2, 0.25) is 5.78 Å². The molecule has 0 amide bonds. The first-order chi connectivity index (χ1) is 19.4. The fourth-order valence-corrected chi connectivity index (χ4v) is 2.50. The zero-order valence-corrected chi connectivity index (χ0v) is 24.7. The zero-order valence-electron chi connectivity index (χ0n) is 24.7. The van der Waals surface area contributed by atoms with Crippen molar-refractivity contribution in [1.29, 1.82) is 0 Å². The molecule has 4 N–H and O–H groups in total. The van der Waals surface area contributed by atoms with Crippen LogP contribution in [0.15, 0.2) is 48.2 Å². The summed E-state index contributed by atoms with van der Waals surface area (Å²) in [6, 6.07) is 11.3. The lowest BCUT2D eigenvalue weighted by molar-refractivity contribution is -0.191. The number of benzene rings is 2. The van der Waals surface area contributed by atoms with Gasteiger partial charge in [-0.05, 0) is 51.0 Å². The highest BCUT2D eigenvalue weighted by atomic mass is 16.5. The van der Waals surface area contributed by atoms with Crippen molar-refractivity contribution in [3.63, 3.8) is 0 Å². The van der Waals surface area contributed by atoms with E-state index in [9.17, 15) is 14.4 Å². The van der Waals surface area contributed by atoms with Crippen molar-refractivity contribution in [2.24, 2.45) is 0 Å². The molecule has 0 saturated carbocycles. The van der Waals surface area contributed by atoms with Gasteiger partial charge in [-0.1, -0.05) is 34.4 Å². The van der Waals surface area contributed by atoms with Gasteiger partial charge in [0.25, 0.3) is 0 Å². The number of aliphatic hydroxyl groups is 1. The number of nitrogen functional groups attached to an aromatic ring is 1. The number of rotatable bonds is 5. The van der Waals surface area contributed by atoms with E-state index in [0.29, 0.717) is 5.70 Å². The van der Waals surface area contributed by atoms with Gasteiger partial charge in [-0.2, -0.15) is 9.59 Å². The standard InChI is InChI=1S/C13H17NO3.C8H11NO.C6H6O3.CO2.CH4O.3CH4/c1-9(8-13(15)17-4)14-11-6-5-7-12(16-3)10(11)2;1-6-7(9)4-3-5-8(6)10-2;1-5(7)3-4-6(8)9-2;2-1-3;1-2;;;/h5-8,14H,1-4H3;3-5H,9H2,1-2H3;1-2H3;;2H,1H3;3*1H4/b9-8+;;;;;;;. The molecule has 0 atom stereocenters. The molecular weight excluding hydrogens is 572 g/mol. The van der Waals surface area contributed by atoms with E-state index in [1.165, 1.54) is 27.2 Å². The molecule has 2 aromatic rings. The molecule has 0 aliphatic carbocycles. The van der Waals surface area contributed by atoms with Crippen molar-refractivity contribution in [2.75, 3.05) is 46.6 Å². The number of ether oxygens (including phenoxy) is 4. The van der Waals surface area contributed by atoms with Crippen LogP contribution in [0.3, 0.4) is 0 Å². The van der Waals surface area contributed by atoms with E-state index in [1.807, 2.05) is 62.1 Å². The number of nitrogens with one attached hydrogen (secondary N) is 1. The molecular formula is C32H50N2O10. The molecule has 0 saturated heterocycles. The summed E-state index contributed by atoms with van der Waals surface area (Å²) in [6.07, 6.45) is 1.65. The van der Waals surface area contributed by atoms with E-state index < -0.39 is 5.97 Å². The highest BCUT2D eigenvalue weighted by Gasteiger charge is 2.05. The summed E-state index contributed by atoms with van der Waals surface area (Å²) in [5.74, 6) is 4.24. The van der Waals surface area contributed by atoms with Crippen molar-refractivity contribution in [3.05, 3.63) is 59.3 Å². The van der Waals surface area contributed by atoms with Crippen LogP contribution in [0.1, 0.15) is 47.3 Å². The fourth-order valence-electron chi connectivity index (χ4n) is 2.50. The molecule has 2 aromatic carbocycles. The number of Topliss-reactive ketones (excluding diaryl/α,β-unsaturated/α-hetero) is 1. The number of hydrogen-bond acceptors (Lipinski definition) is 12. The third kappa shape index (κ3) is 24.7. The summed E-state index contributed by atoms with van der Waals surface area (Å²) in [7, 11) is 6.82. The average molecular weight is 623 g/mol. The maximum atomic E-state index is 11.1. The van der Waals surface area contributed by atoms with Gasteiger partial charge in [0.05, 0.1) is 28.4 Å². The lowest BCUT2D eigenvalue weighted by atomic mass is 10.1. The molecule has 248 valence electrons. The Kier molecular flexibility index (Phi) is 38.0. The molecule has 0 aliphatic rings. The van der Waals surface area contributed by atoms with Crippen LogP contribution in [-0.4, -0.2) is 64.5 Å². The molecule has 0 radical (unpaired) electrons. The number of esters is 2. The molecule has 0 fully saturated rings. The largest absolute Gasteiger partial charge is 0.496 e. The summed E-state index contributed by atoms with van der Waals surface area (Å²) < 4.78 is 19.0.